The average Bonchev–Trinajstić information content (AvgIpc) is 2.76. The molecule has 2 fully saturated rings. The minimum Gasteiger partial charge on any atom is -0.243 e. The van der Waals surface area contributed by atoms with Gasteiger partial charge in [0.15, 0.2) is 5.50 Å². The number of hydrogen-bond donors (Lipinski definition) is 0. The molecule has 2 atom stereocenters. The molecule has 0 spiro atoms. The van der Waals surface area contributed by atoms with Gasteiger partial charge in [0.25, 0.3) is 0 Å². The van der Waals surface area contributed by atoms with Crippen LogP contribution in [0, 0.1) is 23.7 Å². The highest BCUT2D eigenvalue weighted by atomic mass is 32.2. The highest BCUT2D eigenvalue weighted by molar-refractivity contribution is 7.99. The molecule has 29 heavy (non-hydrogen) atoms. The van der Waals surface area contributed by atoms with Gasteiger partial charge < -0.3 is 0 Å². The summed E-state index contributed by atoms with van der Waals surface area (Å²) >= 11 is 1.03. The van der Waals surface area contributed by atoms with Gasteiger partial charge in [0, 0.05) is 4.90 Å². The van der Waals surface area contributed by atoms with E-state index >= 15 is 0 Å². The van der Waals surface area contributed by atoms with Gasteiger partial charge in [-0.15, -0.1) is 0 Å². The van der Waals surface area contributed by atoms with E-state index in [0.29, 0.717) is 12.3 Å². The van der Waals surface area contributed by atoms with Gasteiger partial charge in [-0.1, -0.05) is 88.3 Å². The fraction of sp³-hybridized carbons (Fsp3) is 0.769. The maximum atomic E-state index is 14.5. The zero-order valence-electron chi connectivity index (χ0n) is 18.2. The van der Waals surface area contributed by atoms with E-state index < -0.39 is 11.7 Å². The van der Waals surface area contributed by atoms with Crippen molar-refractivity contribution in [3.05, 3.63) is 30.3 Å². The van der Waals surface area contributed by atoms with Gasteiger partial charge in [-0.05, 0) is 67.9 Å². The number of halogens is 2. The van der Waals surface area contributed by atoms with Gasteiger partial charge in [-0.3, -0.25) is 0 Å². The van der Waals surface area contributed by atoms with Crippen LogP contribution in [-0.4, -0.2) is 11.7 Å². The number of unbranched alkanes of at least 4 members (excludes halogenated alkanes) is 2. The first kappa shape index (κ1) is 23.1. The normalized spacial score (nSPS) is 30.0. The molecule has 2 saturated carbocycles. The van der Waals surface area contributed by atoms with Gasteiger partial charge in [0.2, 0.25) is 0 Å². The Morgan fingerprint density at radius 2 is 1.41 bits per heavy atom. The second kappa shape index (κ2) is 12.3. The number of benzene rings is 1. The summed E-state index contributed by atoms with van der Waals surface area (Å²) in [5.41, 5.74) is -1.45. The summed E-state index contributed by atoms with van der Waals surface area (Å²) in [6.45, 7) is 2.29. The third kappa shape index (κ3) is 7.56. The monoisotopic (exact) mass is 422 g/mol. The van der Waals surface area contributed by atoms with Crippen LogP contribution in [0.15, 0.2) is 35.2 Å². The Hall–Kier alpha value is -0.570. The van der Waals surface area contributed by atoms with E-state index in [9.17, 15) is 8.78 Å². The van der Waals surface area contributed by atoms with E-state index in [4.69, 9.17) is 0 Å². The Balaban J connectivity index is 1.33. The molecular formula is C26H40F2S. The molecule has 2 aliphatic rings. The molecule has 3 rings (SSSR count). The molecule has 0 unspecified atom stereocenters. The average molecular weight is 423 g/mol. The highest BCUT2D eigenvalue weighted by Gasteiger charge is 2.33. The van der Waals surface area contributed by atoms with Crippen LogP contribution in [0.4, 0.5) is 8.78 Å². The molecule has 2 aliphatic carbocycles. The highest BCUT2D eigenvalue weighted by Crippen LogP contribution is 2.43. The second-order valence-electron chi connectivity index (χ2n) is 9.59. The SMILES string of the molecule is CCCCCC1CCC(C2CCC(C[C@@H](F)[C@H](F)Sc3ccccc3)CC2)CC1. The molecule has 0 radical (unpaired) electrons. The molecule has 3 heteroatoms. The van der Waals surface area contributed by atoms with Crippen molar-refractivity contribution in [1.29, 1.82) is 0 Å². The Kier molecular flexibility index (Phi) is 9.82. The van der Waals surface area contributed by atoms with E-state index in [2.05, 4.69) is 6.92 Å². The van der Waals surface area contributed by atoms with Gasteiger partial charge in [0.1, 0.15) is 6.17 Å². The van der Waals surface area contributed by atoms with Crippen molar-refractivity contribution in [3.8, 4) is 0 Å². The lowest BCUT2D eigenvalue weighted by Crippen LogP contribution is -2.27. The van der Waals surface area contributed by atoms with E-state index in [0.717, 1.165) is 47.3 Å². The standard InChI is InChI=1S/C26H40F2S/c1-2-3-5-8-20-11-15-22(16-12-20)23-17-13-21(14-18-23)19-25(27)26(28)29-24-9-6-4-7-10-24/h4,6-7,9-10,20-23,25-26H,2-3,5,8,11-19H2,1H3/t20?,21?,22?,23?,25-,26-/m1/s1. The van der Waals surface area contributed by atoms with Crippen molar-refractivity contribution in [2.24, 2.45) is 23.7 Å². The molecule has 0 N–H and O–H groups in total. The molecule has 1 aromatic carbocycles. The van der Waals surface area contributed by atoms with Gasteiger partial charge >= 0.3 is 0 Å². The molecule has 164 valence electrons. The lowest BCUT2D eigenvalue weighted by atomic mass is 9.68. The van der Waals surface area contributed by atoms with Crippen molar-refractivity contribution >= 4 is 11.8 Å². The largest absolute Gasteiger partial charge is 0.243 e. The van der Waals surface area contributed by atoms with Crippen LogP contribution >= 0.6 is 11.8 Å². The summed E-state index contributed by atoms with van der Waals surface area (Å²) in [5, 5.41) is 0. The second-order valence-corrected chi connectivity index (χ2v) is 10.7. The summed E-state index contributed by atoms with van der Waals surface area (Å²) in [7, 11) is 0. The van der Waals surface area contributed by atoms with Crippen LogP contribution in [0.25, 0.3) is 0 Å². The smallest absolute Gasteiger partial charge is 0.181 e. The predicted octanol–water partition coefficient (Wildman–Crippen LogP) is 9.00. The zero-order chi connectivity index (χ0) is 20.5. The van der Waals surface area contributed by atoms with Crippen LogP contribution < -0.4 is 0 Å². The number of hydrogen-bond acceptors (Lipinski definition) is 1. The minimum absolute atomic E-state index is 0.376. The van der Waals surface area contributed by atoms with Crippen molar-refractivity contribution < 1.29 is 8.78 Å². The van der Waals surface area contributed by atoms with Gasteiger partial charge in [-0.2, -0.15) is 0 Å². The fourth-order valence-corrected chi connectivity index (χ4v) is 6.49. The molecule has 0 nitrogen and oxygen atoms in total. The number of thioether (sulfide) groups is 1. The summed E-state index contributed by atoms with van der Waals surface area (Å²) in [5.74, 6) is 3.11. The van der Waals surface area contributed by atoms with E-state index in [1.807, 2.05) is 30.3 Å². The first-order chi connectivity index (χ1) is 14.2. The van der Waals surface area contributed by atoms with Crippen molar-refractivity contribution in [2.75, 3.05) is 0 Å². The van der Waals surface area contributed by atoms with Gasteiger partial charge in [-0.25, -0.2) is 8.78 Å². The third-order valence-electron chi connectivity index (χ3n) is 7.50. The lowest BCUT2D eigenvalue weighted by Gasteiger charge is -2.38. The predicted molar refractivity (Wildman–Crippen MR) is 122 cm³/mol. The quantitative estimate of drug-likeness (QED) is 0.268. The number of rotatable bonds is 10. The molecule has 0 amide bonds. The van der Waals surface area contributed by atoms with Crippen molar-refractivity contribution in [1.82, 2.24) is 0 Å². The van der Waals surface area contributed by atoms with Crippen molar-refractivity contribution in [2.45, 2.75) is 107 Å². The van der Waals surface area contributed by atoms with Crippen LogP contribution in [0.2, 0.25) is 0 Å². The molecule has 0 saturated heterocycles. The van der Waals surface area contributed by atoms with E-state index in [1.165, 1.54) is 64.2 Å². The van der Waals surface area contributed by atoms with Crippen LogP contribution in [0.3, 0.4) is 0 Å². The molecule has 0 aromatic heterocycles. The Bertz CT molecular complexity index is 547. The van der Waals surface area contributed by atoms with Crippen molar-refractivity contribution in [3.63, 3.8) is 0 Å². The maximum Gasteiger partial charge on any atom is 0.181 e. The molecular weight excluding hydrogens is 382 g/mol. The Labute approximate surface area is 181 Å². The summed E-state index contributed by atoms with van der Waals surface area (Å²) in [6.07, 6.45) is 15.0. The first-order valence-corrected chi connectivity index (χ1v) is 13.0. The minimum atomic E-state index is -1.45. The molecule has 0 aliphatic heterocycles. The molecule has 0 bridgehead atoms. The van der Waals surface area contributed by atoms with Crippen LogP contribution in [0.1, 0.15) is 90.4 Å². The van der Waals surface area contributed by atoms with Crippen LogP contribution in [0.5, 0.6) is 0 Å². The Morgan fingerprint density at radius 3 is 2.00 bits per heavy atom. The molecule has 1 aromatic rings. The van der Waals surface area contributed by atoms with E-state index in [-0.39, 0.29) is 0 Å². The number of alkyl halides is 2. The summed E-state index contributed by atoms with van der Waals surface area (Å²) in [4.78, 5) is 0.816. The first-order valence-electron chi connectivity index (χ1n) is 12.2. The third-order valence-corrected chi connectivity index (χ3v) is 8.56. The van der Waals surface area contributed by atoms with Gasteiger partial charge in [0.05, 0.1) is 0 Å². The van der Waals surface area contributed by atoms with E-state index in [1.54, 1.807) is 0 Å². The Morgan fingerprint density at radius 1 is 0.828 bits per heavy atom. The van der Waals surface area contributed by atoms with Crippen LogP contribution in [-0.2, 0) is 0 Å². The fourth-order valence-electron chi connectivity index (χ4n) is 5.65. The zero-order valence-corrected chi connectivity index (χ0v) is 19.0. The summed E-state index contributed by atoms with van der Waals surface area (Å²) < 4.78 is 28.8. The lowest BCUT2D eigenvalue weighted by molar-refractivity contribution is 0.120. The summed E-state index contributed by atoms with van der Waals surface area (Å²) in [6, 6.07) is 9.37. The molecule has 0 heterocycles. The maximum absolute atomic E-state index is 14.5. The topological polar surface area (TPSA) is 0 Å².